The Kier molecular flexibility index (Phi) is 2.77. The molecule has 0 heterocycles. The number of halogens is 1. The average Bonchev–Trinajstić information content (AvgIpc) is 1.90. The molecule has 1 atom stereocenters. The molecule has 1 heteroatoms. The Morgan fingerprint density at radius 1 is 1.56 bits per heavy atom. The van der Waals surface area contributed by atoms with E-state index in [0.717, 1.165) is 0 Å². The lowest BCUT2D eigenvalue weighted by Gasteiger charge is -2.13. The summed E-state index contributed by atoms with van der Waals surface area (Å²) in [6, 6.07) is 0. The summed E-state index contributed by atoms with van der Waals surface area (Å²) in [6.07, 6.45) is 7.77. The molecule has 0 amide bonds. The molecule has 0 fully saturated rings. The molecule has 0 saturated carbocycles. The van der Waals surface area contributed by atoms with Gasteiger partial charge in [-0.2, -0.15) is 0 Å². The van der Waals surface area contributed by atoms with Crippen molar-refractivity contribution in [3.8, 4) is 0 Å². The van der Waals surface area contributed by atoms with Gasteiger partial charge < -0.3 is 0 Å². The summed E-state index contributed by atoms with van der Waals surface area (Å²) in [5.41, 5.74) is 1.60. The second-order valence-electron chi connectivity index (χ2n) is 2.64. The fourth-order valence-electron chi connectivity index (χ4n) is 1.22. The van der Waals surface area contributed by atoms with E-state index in [1.54, 1.807) is 5.57 Å². The molecular weight excluding hydrogens is 176 g/mol. The first-order chi connectivity index (χ1) is 4.30. The topological polar surface area (TPSA) is 0 Å². The van der Waals surface area contributed by atoms with E-state index in [0.29, 0.717) is 4.83 Å². The van der Waals surface area contributed by atoms with Crippen LogP contribution in [0.5, 0.6) is 0 Å². The largest absolute Gasteiger partial charge is 0.0845 e. The van der Waals surface area contributed by atoms with E-state index >= 15 is 0 Å². The van der Waals surface area contributed by atoms with Crippen LogP contribution in [0.25, 0.3) is 0 Å². The minimum atomic E-state index is 0.609. The number of hydrogen-bond acceptors (Lipinski definition) is 0. The summed E-state index contributed by atoms with van der Waals surface area (Å²) in [6.45, 7) is 2.21. The first-order valence-corrected chi connectivity index (χ1v) is 4.55. The van der Waals surface area contributed by atoms with Crippen molar-refractivity contribution in [1.29, 1.82) is 0 Å². The molecule has 52 valence electrons. The van der Waals surface area contributed by atoms with Crippen molar-refractivity contribution in [3.63, 3.8) is 0 Å². The Balaban J connectivity index is 2.46. The molecule has 0 spiro atoms. The summed E-state index contributed by atoms with van der Waals surface area (Å²) in [5, 5.41) is 0. The molecule has 0 aliphatic heterocycles. The highest BCUT2D eigenvalue weighted by Gasteiger charge is 2.06. The standard InChI is InChI=1S/C8H13Br/c1-7(9)8-5-3-2-4-6-8/h5,7H,2-4,6H2,1H3. The fraction of sp³-hybridized carbons (Fsp3) is 0.750. The molecule has 1 unspecified atom stereocenters. The van der Waals surface area contributed by atoms with E-state index in [1.807, 2.05) is 0 Å². The van der Waals surface area contributed by atoms with Crippen LogP contribution in [0.2, 0.25) is 0 Å². The maximum Gasteiger partial charge on any atom is 0.0326 e. The predicted octanol–water partition coefficient (Wildman–Crippen LogP) is 3.27. The van der Waals surface area contributed by atoms with Gasteiger partial charge in [-0.1, -0.05) is 27.6 Å². The van der Waals surface area contributed by atoms with Crippen LogP contribution in [0, 0.1) is 0 Å². The van der Waals surface area contributed by atoms with Crippen molar-refractivity contribution in [2.75, 3.05) is 0 Å². The van der Waals surface area contributed by atoms with Crippen molar-refractivity contribution in [3.05, 3.63) is 11.6 Å². The summed E-state index contributed by atoms with van der Waals surface area (Å²) in [7, 11) is 0. The zero-order valence-corrected chi connectivity index (χ0v) is 7.45. The molecule has 1 aliphatic carbocycles. The zero-order valence-electron chi connectivity index (χ0n) is 5.86. The van der Waals surface area contributed by atoms with Crippen LogP contribution >= 0.6 is 15.9 Å². The highest BCUT2D eigenvalue weighted by atomic mass is 79.9. The molecular formula is C8H13Br. The molecule has 0 aromatic rings. The maximum absolute atomic E-state index is 3.57. The van der Waals surface area contributed by atoms with Crippen molar-refractivity contribution < 1.29 is 0 Å². The predicted molar refractivity (Wildman–Crippen MR) is 44.9 cm³/mol. The van der Waals surface area contributed by atoms with Crippen LogP contribution in [-0.4, -0.2) is 4.83 Å². The molecule has 0 saturated heterocycles. The van der Waals surface area contributed by atoms with Crippen molar-refractivity contribution in [1.82, 2.24) is 0 Å². The molecule has 0 bridgehead atoms. The summed E-state index contributed by atoms with van der Waals surface area (Å²) < 4.78 is 0. The van der Waals surface area contributed by atoms with Gasteiger partial charge in [0.15, 0.2) is 0 Å². The van der Waals surface area contributed by atoms with E-state index in [-0.39, 0.29) is 0 Å². The first-order valence-electron chi connectivity index (χ1n) is 3.63. The average molecular weight is 189 g/mol. The summed E-state index contributed by atoms with van der Waals surface area (Å²) in [4.78, 5) is 0.609. The van der Waals surface area contributed by atoms with Crippen molar-refractivity contribution in [2.45, 2.75) is 37.4 Å². The molecule has 9 heavy (non-hydrogen) atoms. The minimum absolute atomic E-state index is 0.609. The van der Waals surface area contributed by atoms with Gasteiger partial charge in [0.1, 0.15) is 0 Å². The van der Waals surface area contributed by atoms with Gasteiger partial charge in [0.05, 0.1) is 0 Å². The van der Waals surface area contributed by atoms with Crippen molar-refractivity contribution in [2.24, 2.45) is 0 Å². The van der Waals surface area contributed by atoms with Crippen LogP contribution in [0.1, 0.15) is 32.6 Å². The van der Waals surface area contributed by atoms with Gasteiger partial charge in [-0.15, -0.1) is 0 Å². The molecule has 0 aromatic heterocycles. The number of rotatable bonds is 1. The molecule has 0 aromatic carbocycles. The van der Waals surface area contributed by atoms with Crippen LogP contribution < -0.4 is 0 Å². The Morgan fingerprint density at radius 2 is 2.33 bits per heavy atom. The molecule has 0 nitrogen and oxygen atoms in total. The van der Waals surface area contributed by atoms with E-state index in [4.69, 9.17) is 0 Å². The van der Waals surface area contributed by atoms with Gasteiger partial charge in [0.25, 0.3) is 0 Å². The van der Waals surface area contributed by atoms with Crippen molar-refractivity contribution >= 4 is 15.9 Å². The van der Waals surface area contributed by atoms with E-state index in [2.05, 4.69) is 28.9 Å². The molecule has 0 radical (unpaired) electrons. The van der Waals surface area contributed by atoms with Crippen LogP contribution in [0.4, 0.5) is 0 Å². The second kappa shape index (κ2) is 3.40. The van der Waals surface area contributed by atoms with Crippen LogP contribution in [-0.2, 0) is 0 Å². The molecule has 1 rings (SSSR count). The van der Waals surface area contributed by atoms with Crippen LogP contribution in [0.15, 0.2) is 11.6 Å². The molecule has 1 aliphatic rings. The third-order valence-electron chi connectivity index (χ3n) is 1.84. The third kappa shape index (κ3) is 2.13. The summed E-state index contributed by atoms with van der Waals surface area (Å²) >= 11 is 3.57. The van der Waals surface area contributed by atoms with Gasteiger partial charge in [0, 0.05) is 4.83 Å². The van der Waals surface area contributed by atoms with Gasteiger partial charge in [-0.25, -0.2) is 0 Å². The highest BCUT2D eigenvalue weighted by molar-refractivity contribution is 9.09. The number of alkyl halides is 1. The zero-order chi connectivity index (χ0) is 6.69. The van der Waals surface area contributed by atoms with E-state index in [9.17, 15) is 0 Å². The Labute approximate surface area is 65.5 Å². The lowest BCUT2D eigenvalue weighted by Crippen LogP contribution is -2.00. The van der Waals surface area contributed by atoms with E-state index in [1.165, 1.54) is 25.7 Å². The smallest absolute Gasteiger partial charge is 0.0326 e. The summed E-state index contributed by atoms with van der Waals surface area (Å²) in [5.74, 6) is 0. The Bertz CT molecular complexity index is 114. The maximum atomic E-state index is 3.57. The first kappa shape index (κ1) is 7.33. The van der Waals surface area contributed by atoms with Gasteiger partial charge in [-0.05, 0) is 32.6 Å². The van der Waals surface area contributed by atoms with Gasteiger partial charge in [-0.3, -0.25) is 0 Å². The minimum Gasteiger partial charge on any atom is -0.0845 e. The van der Waals surface area contributed by atoms with E-state index < -0.39 is 0 Å². The lowest BCUT2D eigenvalue weighted by atomic mass is 9.98. The van der Waals surface area contributed by atoms with Crippen LogP contribution in [0.3, 0.4) is 0 Å². The quantitative estimate of drug-likeness (QED) is 0.438. The lowest BCUT2D eigenvalue weighted by molar-refractivity contribution is 0.689. The third-order valence-corrected chi connectivity index (χ3v) is 2.43. The molecule has 0 N–H and O–H groups in total. The monoisotopic (exact) mass is 188 g/mol. The van der Waals surface area contributed by atoms with Gasteiger partial charge in [0.2, 0.25) is 0 Å². The normalized spacial score (nSPS) is 23.1. The second-order valence-corrected chi connectivity index (χ2v) is 4.01. The van der Waals surface area contributed by atoms with Gasteiger partial charge >= 0.3 is 0 Å². The SMILES string of the molecule is CC(Br)C1=CCCCC1. The highest BCUT2D eigenvalue weighted by Crippen LogP contribution is 2.23. The number of hydrogen-bond donors (Lipinski definition) is 0. The number of allylic oxidation sites excluding steroid dienone is 2. The fourth-order valence-corrected chi connectivity index (χ4v) is 1.64. The Morgan fingerprint density at radius 3 is 2.67 bits per heavy atom. The Hall–Kier alpha value is 0.220.